The molecule has 6 heterocycles. The van der Waals surface area contributed by atoms with Crippen molar-refractivity contribution in [2.24, 2.45) is 0 Å². The number of anilines is 2. The first-order valence-electron chi connectivity index (χ1n) is 11.3. The van der Waals surface area contributed by atoms with E-state index in [0.29, 0.717) is 35.3 Å². The Morgan fingerprint density at radius 2 is 1.97 bits per heavy atom. The van der Waals surface area contributed by atoms with E-state index in [1.54, 1.807) is 37.6 Å². The highest BCUT2D eigenvalue weighted by Crippen LogP contribution is 2.34. The van der Waals surface area contributed by atoms with Crippen molar-refractivity contribution in [3.05, 3.63) is 54.2 Å². The van der Waals surface area contributed by atoms with E-state index in [9.17, 15) is 9.90 Å². The first-order valence-corrected chi connectivity index (χ1v) is 11.3. The highest BCUT2D eigenvalue weighted by molar-refractivity contribution is 5.87. The van der Waals surface area contributed by atoms with E-state index in [0.717, 1.165) is 31.0 Å². The summed E-state index contributed by atoms with van der Waals surface area (Å²) < 4.78 is 7.32. The summed E-state index contributed by atoms with van der Waals surface area (Å²) in [4.78, 5) is 27.5. The molecule has 0 saturated carbocycles. The number of carbonyl (C=O) groups is 1. The lowest BCUT2D eigenvalue weighted by Crippen LogP contribution is -2.35. The van der Waals surface area contributed by atoms with Gasteiger partial charge in [-0.3, -0.25) is 9.48 Å². The average Bonchev–Trinajstić information content (AvgIpc) is 3.61. The number of nitrogens with zero attached hydrogens (tertiary/aromatic N) is 7. The molecule has 0 aliphatic carbocycles. The molecule has 0 spiro atoms. The molecule has 4 aromatic rings. The molecule has 35 heavy (non-hydrogen) atoms. The summed E-state index contributed by atoms with van der Waals surface area (Å²) in [7, 11) is 1.65. The van der Waals surface area contributed by atoms with E-state index >= 15 is 0 Å². The van der Waals surface area contributed by atoms with Crippen LogP contribution in [0.5, 0.6) is 0 Å². The molecule has 0 aromatic carbocycles. The first-order chi connectivity index (χ1) is 17.0. The normalized spacial score (nSPS) is 19.7. The number of hydrogen-bond acceptors (Lipinski definition) is 10. The van der Waals surface area contributed by atoms with Crippen molar-refractivity contribution < 1.29 is 14.4 Å². The van der Waals surface area contributed by atoms with Crippen LogP contribution in [-0.4, -0.2) is 65.9 Å². The minimum absolute atomic E-state index is 0.113. The van der Waals surface area contributed by atoms with Crippen molar-refractivity contribution in [2.75, 3.05) is 25.5 Å². The number of carbonyl (C=O) groups excluding carboxylic acids is 1. The van der Waals surface area contributed by atoms with Crippen molar-refractivity contribution >= 4 is 17.5 Å². The van der Waals surface area contributed by atoms with Gasteiger partial charge in [-0.05, 0) is 18.2 Å². The molecule has 1 fully saturated rings. The molecule has 2 aliphatic rings. The van der Waals surface area contributed by atoms with Crippen LogP contribution >= 0.6 is 0 Å². The minimum Gasteiger partial charge on any atom is -0.373 e. The minimum atomic E-state index is -1.70. The molecule has 6 rings (SSSR count). The van der Waals surface area contributed by atoms with Gasteiger partial charge in [-0.1, -0.05) is 11.2 Å². The summed E-state index contributed by atoms with van der Waals surface area (Å²) in [6.45, 7) is 2.88. The van der Waals surface area contributed by atoms with Crippen LogP contribution in [0.15, 0.2) is 47.2 Å². The highest BCUT2D eigenvalue weighted by Gasteiger charge is 2.48. The highest BCUT2D eigenvalue weighted by atomic mass is 16.5. The number of aliphatic hydroxyl groups is 1. The van der Waals surface area contributed by atoms with Crippen molar-refractivity contribution in [3.63, 3.8) is 0 Å². The van der Waals surface area contributed by atoms with E-state index in [2.05, 4.69) is 35.8 Å². The third kappa shape index (κ3) is 3.72. The number of hydrogen-bond donors (Lipinski definition) is 3. The fourth-order valence-corrected chi connectivity index (χ4v) is 4.36. The fourth-order valence-electron chi connectivity index (χ4n) is 4.36. The fraction of sp³-hybridized carbons (Fsp3) is 0.304. The van der Waals surface area contributed by atoms with Crippen LogP contribution in [0.4, 0.5) is 11.6 Å². The second-order valence-corrected chi connectivity index (χ2v) is 8.62. The van der Waals surface area contributed by atoms with Crippen LogP contribution < -0.4 is 10.6 Å². The number of rotatable bonds is 5. The van der Waals surface area contributed by atoms with Crippen molar-refractivity contribution in [3.8, 4) is 22.8 Å². The van der Waals surface area contributed by atoms with Gasteiger partial charge < -0.3 is 25.2 Å². The lowest BCUT2D eigenvalue weighted by atomic mass is 9.98. The Hall–Kier alpha value is -4.16. The van der Waals surface area contributed by atoms with Gasteiger partial charge in [0.15, 0.2) is 5.76 Å². The molecular weight excluding hydrogens is 450 g/mol. The van der Waals surface area contributed by atoms with E-state index in [1.807, 2.05) is 16.8 Å². The van der Waals surface area contributed by atoms with Gasteiger partial charge in [-0.25, -0.2) is 15.0 Å². The lowest BCUT2D eigenvalue weighted by molar-refractivity contribution is -0.144. The Bertz CT molecular complexity index is 1410. The van der Waals surface area contributed by atoms with Crippen LogP contribution in [0.1, 0.15) is 17.9 Å². The van der Waals surface area contributed by atoms with Crippen LogP contribution in [0, 0.1) is 0 Å². The Morgan fingerprint density at radius 1 is 1.14 bits per heavy atom. The molecule has 3 N–H and O–H groups in total. The molecular formula is C23H23N9O3. The second-order valence-electron chi connectivity index (χ2n) is 8.62. The average molecular weight is 473 g/mol. The van der Waals surface area contributed by atoms with Gasteiger partial charge in [0.25, 0.3) is 5.91 Å². The number of nitrogens with one attached hydrogen (secondary N) is 2. The van der Waals surface area contributed by atoms with E-state index < -0.39 is 11.5 Å². The maximum absolute atomic E-state index is 12.4. The molecule has 1 saturated heterocycles. The van der Waals surface area contributed by atoms with Gasteiger partial charge in [-0.15, -0.1) is 0 Å². The second kappa shape index (κ2) is 8.25. The summed E-state index contributed by atoms with van der Waals surface area (Å²) in [6.07, 6.45) is 3.69. The van der Waals surface area contributed by atoms with Gasteiger partial charge in [-0.2, -0.15) is 5.10 Å². The number of likely N-dealkylation sites (tertiary alicyclic amines) is 1. The molecule has 1 atom stereocenters. The van der Waals surface area contributed by atoms with Gasteiger partial charge in [0.1, 0.15) is 5.69 Å². The van der Waals surface area contributed by atoms with Gasteiger partial charge in [0, 0.05) is 45.4 Å². The SMILES string of the molecule is CN1CCC(O)(c2cc(-c3cccc(-c4ccnc(Nc5cnn6c5CNCC6)n4)n3)no2)C1=O. The monoisotopic (exact) mass is 473 g/mol. The predicted octanol–water partition coefficient (Wildman–Crippen LogP) is 1.29. The largest absolute Gasteiger partial charge is 0.373 e. The Labute approximate surface area is 200 Å². The number of amides is 1. The predicted molar refractivity (Wildman–Crippen MR) is 124 cm³/mol. The standard InChI is InChI=1S/C23H23N9O3/c1-31-9-6-23(34,21(31)33)20-11-17(30-35-20)15-4-2-3-14(27-15)16-5-7-25-22(28-16)29-18-12-26-32-10-8-24-13-19(18)32/h2-5,7,11-12,24,34H,6,8-10,13H2,1H3,(H,25,28,29). The molecule has 1 unspecified atom stereocenters. The summed E-state index contributed by atoms with van der Waals surface area (Å²) in [5.74, 6) is 0.144. The molecule has 0 radical (unpaired) electrons. The van der Waals surface area contributed by atoms with E-state index in [4.69, 9.17) is 4.52 Å². The van der Waals surface area contributed by atoms with Gasteiger partial charge >= 0.3 is 0 Å². The lowest BCUT2D eigenvalue weighted by Gasteiger charge is -2.16. The zero-order valence-corrected chi connectivity index (χ0v) is 19.0. The summed E-state index contributed by atoms with van der Waals surface area (Å²) in [5, 5.41) is 25.9. The van der Waals surface area contributed by atoms with Crippen LogP contribution in [0.3, 0.4) is 0 Å². The number of aromatic nitrogens is 6. The van der Waals surface area contributed by atoms with Gasteiger partial charge in [0.05, 0.1) is 41.2 Å². The smallest absolute Gasteiger partial charge is 0.262 e. The molecule has 178 valence electrons. The summed E-state index contributed by atoms with van der Waals surface area (Å²) in [5.41, 5.74) is 2.41. The third-order valence-electron chi connectivity index (χ3n) is 6.34. The zero-order chi connectivity index (χ0) is 24.0. The quantitative estimate of drug-likeness (QED) is 0.387. The van der Waals surface area contributed by atoms with Crippen LogP contribution in [0.25, 0.3) is 22.8 Å². The molecule has 1 amide bonds. The zero-order valence-electron chi connectivity index (χ0n) is 19.0. The molecule has 2 aliphatic heterocycles. The van der Waals surface area contributed by atoms with Crippen LogP contribution in [-0.2, 0) is 23.5 Å². The number of fused-ring (bicyclic) bond motifs is 1. The Balaban J connectivity index is 1.26. The Morgan fingerprint density at radius 3 is 2.80 bits per heavy atom. The van der Waals surface area contributed by atoms with Crippen molar-refractivity contribution in [1.82, 2.24) is 40.1 Å². The maximum atomic E-state index is 12.4. The third-order valence-corrected chi connectivity index (χ3v) is 6.34. The van der Waals surface area contributed by atoms with E-state index in [-0.39, 0.29) is 12.2 Å². The summed E-state index contributed by atoms with van der Waals surface area (Å²) >= 11 is 0. The number of pyridine rings is 1. The maximum Gasteiger partial charge on any atom is 0.262 e. The number of likely N-dealkylation sites (N-methyl/N-ethyl adjacent to an activating group) is 1. The van der Waals surface area contributed by atoms with E-state index in [1.165, 1.54) is 4.90 Å². The molecule has 0 bridgehead atoms. The molecule has 12 heteroatoms. The topological polar surface area (TPSA) is 147 Å². The summed E-state index contributed by atoms with van der Waals surface area (Å²) in [6, 6.07) is 8.80. The van der Waals surface area contributed by atoms with Crippen molar-refractivity contribution in [1.29, 1.82) is 0 Å². The molecule has 4 aromatic heterocycles. The Kier molecular flexibility index (Phi) is 5.04. The van der Waals surface area contributed by atoms with Crippen LogP contribution in [0.2, 0.25) is 0 Å². The first kappa shape index (κ1) is 21.4. The molecule has 12 nitrogen and oxygen atoms in total. The van der Waals surface area contributed by atoms with Crippen molar-refractivity contribution in [2.45, 2.75) is 25.1 Å². The van der Waals surface area contributed by atoms with Gasteiger partial charge in [0.2, 0.25) is 11.5 Å².